The molecule has 1 aliphatic heterocycles. The lowest BCUT2D eigenvalue weighted by Gasteiger charge is -2.28. The molecule has 3 rings (SSSR count). The van der Waals surface area contributed by atoms with Gasteiger partial charge < -0.3 is 10.1 Å². The summed E-state index contributed by atoms with van der Waals surface area (Å²) in [5, 5.41) is 3.13. The molecule has 1 atom stereocenters. The quantitative estimate of drug-likeness (QED) is 0.820. The first kappa shape index (κ1) is 18.5. The van der Waals surface area contributed by atoms with Crippen LogP contribution < -0.4 is 10.1 Å². The third-order valence-corrected chi connectivity index (χ3v) is 4.93. The second-order valence-electron chi connectivity index (χ2n) is 6.81. The largest absolute Gasteiger partial charge is 0.493 e. The molecular formula is C22H28N2O2. The fourth-order valence-corrected chi connectivity index (χ4v) is 3.52. The maximum atomic E-state index is 12.7. The van der Waals surface area contributed by atoms with Gasteiger partial charge in [-0.2, -0.15) is 0 Å². The molecule has 4 heteroatoms. The second-order valence-corrected chi connectivity index (χ2v) is 6.81. The summed E-state index contributed by atoms with van der Waals surface area (Å²) in [5.74, 6) is 0.561. The molecule has 2 aromatic carbocycles. The Bertz CT molecular complexity index is 721. The van der Waals surface area contributed by atoms with Gasteiger partial charge in [-0.1, -0.05) is 42.0 Å². The summed E-state index contributed by atoms with van der Waals surface area (Å²) in [6.07, 6.45) is 2.45. The van der Waals surface area contributed by atoms with Crippen molar-refractivity contribution in [1.29, 1.82) is 0 Å². The number of aryl methyl sites for hydroxylation is 1. The molecular weight excluding hydrogens is 324 g/mol. The van der Waals surface area contributed by atoms with Gasteiger partial charge in [-0.25, -0.2) is 0 Å². The number of carbonyl (C=O) groups is 1. The molecule has 1 amide bonds. The smallest absolute Gasteiger partial charge is 0.255 e. The number of hydrogen-bond acceptors (Lipinski definition) is 3. The minimum absolute atomic E-state index is 0.0784. The molecule has 1 heterocycles. The Morgan fingerprint density at radius 3 is 2.50 bits per heavy atom. The van der Waals surface area contributed by atoms with Crippen LogP contribution in [0.3, 0.4) is 0 Å². The molecule has 0 aromatic heterocycles. The van der Waals surface area contributed by atoms with Crippen molar-refractivity contribution in [3.05, 3.63) is 65.2 Å². The Balaban J connectivity index is 1.73. The zero-order chi connectivity index (χ0) is 18.4. The van der Waals surface area contributed by atoms with Gasteiger partial charge in [0.25, 0.3) is 5.91 Å². The zero-order valence-electron chi connectivity index (χ0n) is 15.7. The van der Waals surface area contributed by atoms with Crippen LogP contribution in [0.15, 0.2) is 48.5 Å². The standard InChI is InChI=1S/C22H28N2O2/c1-3-26-21-9-5-4-8-19(21)22(25)23-16-20(24-14-6-7-15-24)18-12-10-17(2)11-13-18/h4-5,8-13,20H,3,6-7,14-16H2,1-2H3,(H,23,25)/t20-/m0/s1. The van der Waals surface area contributed by atoms with Crippen LogP contribution in [0.1, 0.15) is 47.3 Å². The number of rotatable bonds is 7. The molecule has 0 bridgehead atoms. The summed E-state index contributed by atoms with van der Waals surface area (Å²) in [5.41, 5.74) is 3.11. The lowest BCUT2D eigenvalue weighted by atomic mass is 10.0. The maximum Gasteiger partial charge on any atom is 0.255 e. The van der Waals surface area contributed by atoms with Crippen molar-refractivity contribution in [1.82, 2.24) is 10.2 Å². The summed E-state index contributed by atoms with van der Waals surface area (Å²) in [6.45, 7) is 7.34. The van der Waals surface area contributed by atoms with Crippen molar-refractivity contribution in [3.8, 4) is 5.75 Å². The Kier molecular flexibility index (Phi) is 6.29. The first-order chi connectivity index (χ1) is 12.7. The SMILES string of the molecule is CCOc1ccccc1C(=O)NC[C@@H](c1ccc(C)cc1)N1CCCC1. The van der Waals surface area contributed by atoms with Crippen LogP contribution in [0.4, 0.5) is 0 Å². The van der Waals surface area contributed by atoms with E-state index in [0.29, 0.717) is 24.5 Å². The number of nitrogens with zero attached hydrogens (tertiary/aromatic N) is 1. The van der Waals surface area contributed by atoms with E-state index in [1.54, 1.807) is 0 Å². The molecule has 0 radical (unpaired) electrons. The summed E-state index contributed by atoms with van der Waals surface area (Å²) in [7, 11) is 0. The molecule has 0 unspecified atom stereocenters. The number of nitrogens with one attached hydrogen (secondary N) is 1. The summed E-state index contributed by atoms with van der Waals surface area (Å²) >= 11 is 0. The Hall–Kier alpha value is -2.33. The number of likely N-dealkylation sites (tertiary alicyclic amines) is 1. The van der Waals surface area contributed by atoms with Crippen molar-refractivity contribution in [2.24, 2.45) is 0 Å². The van der Waals surface area contributed by atoms with E-state index in [1.807, 2.05) is 31.2 Å². The van der Waals surface area contributed by atoms with Crippen LogP contribution in [0.5, 0.6) is 5.75 Å². The average molecular weight is 352 g/mol. The molecule has 0 aliphatic carbocycles. The van der Waals surface area contributed by atoms with E-state index in [2.05, 4.69) is 41.4 Å². The van der Waals surface area contributed by atoms with Crippen LogP contribution in [-0.4, -0.2) is 37.0 Å². The predicted octanol–water partition coefficient (Wildman–Crippen LogP) is 3.96. The zero-order valence-corrected chi connectivity index (χ0v) is 15.7. The number of carbonyl (C=O) groups excluding carboxylic acids is 1. The van der Waals surface area contributed by atoms with Gasteiger partial charge >= 0.3 is 0 Å². The number of para-hydroxylation sites is 1. The van der Waals surface area contributed by atoms with Crippen LogP contribution in [0, 0.1) is 6.92 Å². The van der Waals surface area contributed by atoms with Crippen molar-refractivity contribution >= 4 is 5.91 Å². The molecule has 138 valence electrons. The van der Waals surface area contributed by atoms with Crippen molar-refractivity contribution in [2.45, 2.75) is 32.7 Å². The minimum atomic E-state index is -0.0784. The maximum absolute atomic E-state index is 12.7. The van der Waals surface area contributed by atoms with Crippen LogP contribution in [-0.2, 0) is 0 Å². The number of ether oxygens (including phenoxy) is 1. The lowest BCUT2D eigenvalue weighted by molar-refractivity contribution is 0.0934. The average Bonchev–Trinajstić information content (AvgIpc) is 3.18. The summed E-state index contributed by atoms with van der Waals surface area (Å²) in [6, 6.07) is 16.3. The van der Waals surface area contributed by atoms with Gasteiger partial charge in [0, 0.05) is 6.54 Å². The van der Waals surface area contributed by atoms with Gasteiger partial charge in [0.1, 0.15) is 5.75 Å². The molecule has 4 nitrogen and oxygen atoms in total. The van der Waals surface area contributed by atoms with E-state index in [4.69, 9.17) is 4.74 Å². The Morgan fingerprint density at radius 1 is 1.12 bits per heavy atom. The normalized spacial score (nSPS) is 15.6. The van der Waals surface area contributed by atoms with E-state index in [0.717, 1.165) is 13.1 Å². The Morgan fingerprint density at radius 2 is 1.81 bits per heavy atom. The number of benzene rings is 2. The van der Waals surface area contributed by atoms with Crippen molar-refractivity contribution in [3.63, 3.8) is 0 Å². The number of amides is 1. The van der Waals surface area contributed by atoms with Gasteiger partial charge in [-0.3, -0.25) is 9.69 Å². The van der Waals surface area contributed by atoms with Crippen molar-refractivity contribution in [2.75, 3.05) is 26.2 Å². The van der Waals surface area contributed by atoms with Gasteiger partial charge in [-0.05, 0) is 57.5 Å². The van der Waals surface area contributed by atoms with Gasteiger partial charge in [0.2, 0.25) is 0 Å². The number of hydrogen-bond donors (Lipinski definition) is 1. The Labute approximate surface area is 156 Å². The second kappa shape index (κ2) is 8.86. The first-order valence-electron chi connectivity index (χ1n) is 9.49. The molecule has 1 aliphatic rings. The third kappa shape index (κ3) is 4.44. The highest BCUT2D eigenvalue weighted by molar-refractivity contribution is 5.96. The van der Waals surface area contributed by atoms with Crippen LogP contribution in [0.25, 0.3) is 0 Å². The fourth-order valence-electron chi connectivity index (χ4n) is 3.52. The molecule has 26 heavy (non-hydrogen) atoms. The predicted molar refractivity (Wildman–Crippen MR) is 105 cm³/mol. The topological polar surface area (TPSA) is 41.6 Å². The molecule has 2 aromatic rings. The summed E-state index contributed by atoms with van der Waals surface area (Å²) in [4.78, 5) is 15.2. The molecule has 1 fully saturated rings. The third-order valence-electron chi connectivity index (χ3n) is 4.93. The fraction of sp³-hybridized carbons (Fsp3) is 0.409. The van der Waals surface area contributed by atoms with Gasteiger partial charge in [0.15, 0.2) is 0 Å². The molecule has 0 saturated carbocycles. The highest BCUT2D eigenvalue weighted by Gasteiger charge is 2.24. The molecule has 0 spiro atoms. The monoisotopic (exact) mass is 352 g/mol. The van der Waals surface area contributed by atoms with E-state index in [9.17, 15) is 4.79 Å². The first-order valence-corrected chi connectivity index (χ1v) is 9.49. The molecule has 1 N–H and O–H groups in total. The highest BCUT2D eigenvalue weighted by atomic mass is 16.5. The van der Waals surface area contributed by atoms with Gasteiger partial charge in [-0.15, -0.1) is 0 Å². The van der Waals surface area contributed by atoms with Crippen molar-refractivity contribution < 1.29 is 9.53 Å². The van der Waals surface area contributed by atoms with Crippen LogP contribution in [0.2, 0.25) is 0 Å². The van der Waals surface area contributed by atoms with Gasteiger partial charge in [0.05, 0.1) is 18.2 Å². The van der Waals surface area contributed by atoms with E-state index in [-0.39, 0.29) is 11.9 Å². The summed E-state index contributed by atoms with van der Waals surface area (Å²) < 4.78 is 5.59. The van der Waals surface area contributed by atoms with E-state index >= 15 is 0 Å². The van der Waals surface area contributed by atoms with E-state index in [1.165, 1.54) is 24.0 Å². The lowest BCUT2D eigenvalue weighted by Crippen LogP contribution is -2.37. The minimum Gasteiger partial charge on any atom is -0.493 e. The van der Waals surface area contributed by atoms with E-state index < -0.39 is 0 Å². The van der Waals surface area contributed by atoms with Crippen LogP contribution >= 0.6 is 0 Å². The molecule has 1 saturated heterocycles. The highest BCUT2D eigenvalue weighted by Crippen LogP contribution is 2.25.